The van der Waals surface area contributed by atoms with E-state index in [1.165, 1.54) is 225 Å². The van der Waals surface area contributed by atoms with Crippen molar-refractivity contribution in [3.63, 3.8) is 0 Å². The number of phosphoric ester groups is 1. The summed E-state index contributed by atoms with van der Waals surface area (Å²) in [5.74, 6) is -0.148. The minimum absolute atomic E-state index is 0.0754. The first kappa shape index (κ1) is 66.2. The maximum atomic E-state index is 13.0. The van der Waals surface area contributed by atoms with Gasteiger partial charge in [-0.15, -0.1) is 0 Å². The maximum Gasteiger partial charge on any atom is 0.472 e. The lowest BCUT2D eigenvalue weighted by Crippen LogP contribution is -2.46. The monoisotopic (exact) mass is 970 g/mol. The van der Waals surface area contributed by atoms with E-state index in [0.717, 1.165) is 51.4 Å². The fraction of sp³-hybridized carbons (Fsp3) is 0.948. The predicted octanol–water partition coefficient (Wildman–Crippen LogP) is 17.8. The molecule has 0 fully saturated rings. The number of hydrogen-bond donors (Lipinski definition) is 3. The van der Waals surface area contributed by atoms with Gasteiger partial charge in [-0.3, -0.25) is 13.8 Å². The van der Waals surface area contributed by atoms with Crippen LogP contribution in [0.1, 0.15) is 303 Å². The van der Waals surface area contributed by atoms with Crippen molar-refractivity contribution < 1.29 is 32.9 Å². The SMILES string of the molecule is CCCCCCCCC/C=C\CCCCCCCC(=O)NC(COP(=O)(O)OCC[N+](C)(C)C)C(O)CCCCCCCCCCCCCCCCCCCCCCCCCCCCCCC. The molecule has 0 bridgehead atoms. The molecule has 8 nitrogen and oxygen atoms in total. The van der Waals surface area contributed by atoms with Crippen LogP contribution in [0.2, 0.25) is 0 Å². The Balaban J connectivity index is 4.06. The highest BCUT2D eigenvalue weighted by Crippen LogP contribution is 2.43. The average molecular weight is 971 g/mol. The molecule has 0 aliphatic rings. The molecule has 400 valence electrons. The van der Waals surface area contributed by atoms with E-state index in [2.05, 4.69) is 31.3 Å². The zero-order chi connectivity index (χ0) is 49.2. The highest BCUT2D eigenvalue weighted by Gasteiger charge is 2.28. The van der Waals surface area contributed by atoms with Gasteiger partial charge in [0.25, 0.3) is 0 Å². The average Bonchev–Trinajstić information content (AvgIpc) is 3.29. The maximum absolute atomic E-state index is 13.0. The third-order valence-corrected chi connectivity index (χ3v) is 14.7. The normalized spacial score (nSPS) is 14.0. The molecule has 0 aromatic rings. The predicted molar refractivity (Wildman–Crippen MR) is 291 cm³/mol. The minimum atomic E-state index is -4.32. The van der Waals surface area contributed by atoms with Gasteiger partial charge in [-0.25, -0.2) is 4.57 Å². The van der Waals surface area contributed by atoms with Crippen LogP contribution in [0, 0.1) is 0 Å². The van der Waals surface area contributed by atoms with Crippen LogP contribution in [0.3, 0.4) is 0 Å². The molecule has 3 N–H and O–H groups in total. The van der Waals surface area contributed by atoms with Crippen LogP contribution in [-0.2, 0) is 18.4 Å². The summed E-state index contributed by atoms with van der Waals surface area (Å²) < 4.78 is 23.8. The molecule has 9 heteroatoms. The number of likely N-dealkylation sites (N-methyl/N-ethyl adjacent to an activating group) is 1. The summed E-state index contributed by atoms with van der Waals surface area (Å²) in [7, 11) is 1.62. The van der Waals surface area contributed by atoms with Gasteiger partial charge in [0, 0.05) is 6.42 Å². The summed E-state index contributed by atoms with van der Waals surface area (Å²) >= 11 is 0. The molecule has 0 spiro atoms. The number of aliphatic hydroxyl groups is 1. The summed E-state index contributed by atoms with van der Waals surface area (Å²) in [6, 6.07) is -0.762. The van der Waals surface area contributed by atoms with E-state index in [1.807, 2.05) is 21.1 Å². The van der Waals surface area contributed by atoms with E-state index in [9.17, 15) is 19.4 Å². The number of nitrogens with zero attached hydrogens (tertiary/aromatic N) is 1. The van der Waals surface area contributed by atoms with Gasteiger partial charge in [-0.05, 0) is 38.5 Å². The molecule has 0 aromatic heterocycles. The third-order valence-electron chi connectivity index (χ3n) is 13.8. The third kappa shape index (κ3) is 52.9. The number of aliphatic hydroxyl groups excluding tert-OH is 1. The molecule has 0 rings (SSSR count). The number of hydrogen-bond acceptors (Lipinski definition) is 5. The van der Waals surface area contributed by atoms with E-state index in [4.69, 9.17) is 9.05 Å². The van der Waals surface area contributed by atoms with Crippen molar-refractivity contribution >= 4 is 13.7 Å². The van der Waals surface area contributed by atoms with Crippen molar-refractivity contribution in [3.8, 4) is 0 Å². The molecule has 3 atom stereocenters. The first-order valence-corrected chi connectivity index (χ1v) is 31.0. The van der Waals surface area contributed by atoms with Crippen LogP contribution >= 0.6 is 7.82 Å². The summed E-state index contributed by atoms with van der Waals surface area (Å²) in [5.41, 5.74) is 0. The summed E-state index contributed by atoms with van der Waals surface area (Å²) in [6.45, 7) is 4.92. The van der Waals surface area contributed by atoms with E-state index >= 15 is 0 Å². The highest BCUT2D eigenvalue weighted by atomic mass is 31.2. The quantitative estimate of drug-likeness (QED) is 0.0243. The van der Waals surface area contributed by atoms with Crippen LogP contribution in [0.15, 0.2) is 12.2 Å². The van der Waals surface area contributed by atoms with Gasteiger partial charge in [0.1, 0.15) is 13.2 Å². The molecule has 0 aliphatic carbocycles. The second kappa shape index (κ2) is 50.2. The van der Waals surface area contributed by atoms with Gasteiger partial charge in [-0.2, -0.15) is 0 Å². The molecule has 0 radical (unpaired) electrons. The number of nitrogens with one attached hydrogen (secondary N) is 1. The molecule has 0 heterocycles. The fourth-order valence-electron chi connectivity index (χ4n) is 9.10. The molecular formula is C58H118N2O6P+. The lowest BCUT2D eigenvalue weighted by atomic mass is 10.0. The number of quaternary nitrogens is 1. The van der Waals surface area contributed by atoms with Crippen molar-refractivity contribution in [3.05, 3.63) is 12.2 Å². The number of allylic oxidation sites excluding steroid dienone is 2. The summed E-state index contributed by atoms with van der Waals surface area (Å²) in [6.07, 6.45) is 61.4. The molecule has 0 saturated carbocycles. The van der Waals surface area contributed by atoms with Crippen molar-refractivity contribution in [2.75, 3.05) is 40.9 Å². The number of rotatable bonds is 55. The van der Waals surface area contributed by atoms with Gasteiger partial charge in [-0.1, -0.05) is 270 Å². The Bertz CT molecular complexity index is 1100. The molecular weight excluding hydrogens is 852 g/mol. The molecule has 0 aliphatic heterocycles. The number of unbranched alkanes of at least 4 members (excludes halogenated alkanes) is 40. The van der Waals surface area contributed by atoms with Gasteiger partial charge in [0.15, 0.2) is 0 Å². The minimum Gasteiger partial charge on any atom is -0.391 e. The lowest BCUT2D eigenvalue weighted by molar-refractivity contribution is -0.870. The Morgan fingerprint density at radius 2 is 0.806 bits per heavy atom. The van der Waals surface area contributed by atoms with Crippen LogP contribution in [0.4, 0.5) is 0 Å². The highest BCUT2D eigenvalue weighted by molar-refractivity contribution is 7.47. The van der Waals surface area contributed by atoms with E-state index < -0.39 is 20.0 Å². The van der Waals surface area contributed by atoms with E-state index in [-0.39, 0.29) is 19.1 Å². The number of carbonyl (C=O) groups excluding carboxylic acids is 1. The molecule has 67 heavy (non-hydrogen) atoms. The first-order valence-electron chi connectivity index (χ1n) is 29.6. The summed E-state index contributed by atoms with van der Waals surface area (Å²) in [5, 5.41) is 14.1. The zero-order valence-corrected chi connectivity index (χ0v) is 46.6. The lowest BCUT2D eigenvalue weighted by Gasteiger charge is -2.26. The van der Waals surface area contributed by atoms with Crippen LogP contribution < -0.4 is 5.32 Å². The second-order valence-corrected chi connectivity index (χ2v) is 23.2. The van der Waals surface area contributed by atoms with Crippen molar-refractivity contribution in [1.29, 1.82) is 0 Å². The smallest absolute Gasteiger partial charge is 0.391 e. The van der Waals surface area contributed by atoms with Crippen molar-refractivity contribution in [1.82, 2.24) is 5.32 Å². The molecule has 0 aromatic carbocycles. The Kier molecular flexibility index (Phi) is 49.6. The Morgan fingerprint density at radius 1 is 0.493 bits per heavy atom. The number of phosphoric acid groups is 1. The van der Waals surface area contributed by atoms with Crippen LogP contribution in [0.5, 0.6) is 0 Å². The fourth-order valence-corrected chi connectivity index (χ4v) is 9.84. The van der Waals surface area contributed by atoms with Gasteiger partial charge in [0.05, 0.1) is 39.9 Å². The second-order valence-electron chi connectivity index (χ2n) is 21.7. The van der Waals surface area contributed by atoms with E-state index in [0.29, 0.717) is 23.9 Å². The molecule has 0 saturated heterocycles. The number of amides is 1. The van der Waals surface area contributed by atoms with Gasteiger partial charge >= 0.3 is 7.82 Å². The Labute approximate surface area is 418 Å². The first-order chi connectivity index (χ1) is 32.5. The molecule has 3 unspecified atom stereocenters. The van der Waals surface area contributed by atoms with Crippen molar-refractivity contribution in [2.24, 2.45) is 0 Å². The molecule has 1 amide bonds. The largest absolute Gasteiger partial charge is 0.472 e. The van der Waals surface area contributed by atoms with E-state index in [1.54, 1.807) is 0 Å². The van der Waals surface area contributed by atoms with Crippen LogP contribution in [0.25, 0.3) is 0 Å². The Hall–Kier alpha value is -0.760. The van der Waals surface area contributed by atoms with Gasteiger partial charge in [0.2, 0.25) is 5.91 Å². The summed E-state index contributed by atoms with van der Waals surface area (Å²) in [4.78, 5) is 23.3. The Morgan fingerprint density at radius 3 is 1.15 bits per heavy atom. The number of carbonyl (C=O) groups is 1. The standard InChI is InChI=1S/C58H117N2O6P/c1-6-8-10-12-14-16-18-20-22-24-25-26-27-28-29-30-31-32-33-34-35-36-37-39-41-43-45-47-49-51-57(61)56(55-66-67(63,64)65-54-53-60(3,4)5)59-58(62)52-50-48-46-44-42-40-38-23-21-19-17-15-13-11-9-7-2/h23,38,56-57,61H,6-22,24-37,39-55H2,1-5H3,(H-,59,62,63,64)/p+1/b38-23-. The van der Waals surface area contributed by atoms with Gasteiger partial charge < -0.3 is 19.8 Å². The van der Waals surface area contributed by atoms with Crippen LogP contribution in [-0.4, -0.2) is 73.4 Å². The van der Waals surface area contributed by atoms with Crippen molar-refractivity contribution in [2.45, 2.75) is 315 Å². The topological polar surface area (TPSA) is 105 Å². The zero-order valence-electron chi connectivity index (χ0n) is 45.7.